The van der Waals surface area contributed by atoms with Crippen LogP contribution in [0.15, 0.2) is 28.1 Å². The van der Waals surface area contributed by atoms with Crippen molar-refractivity contribution in [2.75, 3.05) is 13.6 Å². The minimum Gasteiger partial charge on any atom is -0.472 e. The Morgan fingerprint density at radius 3 is 3.24 bits per heavy atom. The largest absolute Gasteiger partial charge is 0.472 e. The summed E-state index contributed by atoms with van der Waals surface area (Å²) in [5, 5.41) is 3.91. The number of nitrogens with one attached hydrogen (secondary N) is 1. The molecule has 5 nitrogen and oxygen atoms in total. The molecule has 0 radical (unpaired) electrons. The molecular formula is C12H17N3O2. The van der Waals surface area contributed by atoms with Crippen LogP contribution in [0.2, 0.25) is 0 Å². The fourth-order valence-corrected chi connectivity index (χ4v) is 2.00. The van der Waals surface area contributed by atoms with Crippen LogP contribution in [-0.4, -0.2) is 36.7 Å². The van der Waals surface area contributed by atoms with Crippen molar-refractivity contribution in [1.82, 2.24) is 10.3 Å². The predicted octanol–water partition coefficient (Wildman–Crippen LogP) is 1.21. The Kier molecular flexibility index (Phi) is 3.93. The number of amides is 1. The smallest absolute Gasteiger partial charge is 0.257 e. The molecule has 1 saturated heterocycles. The highest BCUT2D eigenvalue weighted by atomic mass is 16.3. The lowest BCUT2D eigenvalue weighted by atomic mass is 10.0. The van der Waals surface area contributed by atoms with E-state index < -0.39 is 0 Å². The molecule has 17 heavy (non-hydrogen) atoms. The number of carbonyl (C=O) groups excluding carboxylic acids is 1. The lowest BCUT2D eigenvalue weighted by molar-refractivity contribution is -0.126. The van der Waals surface area contributed by atoms with Gasteiger partial charge in [-0.25, -0.2) is 5.43 Å². The quantitative estimate of drug-likeness (QED) is 0.633. The van der Waals surface area contributed by atoms with E-state index in [-0.39, 0.29) is 11.9 Å². The molecule has 0 saturated carbocycles. The van der Waals surface area contributed by atoms with Crippen LogP contribution >= 0.6 is 0 Å². The third-order valence-electron chi connectivity index (χ3n) is 3.00. The van der Waals surface area contributed by atoms with E-state index in [4.69, 9.17) is 4.42 Å². The van der Waals surface area contributed by atoms with Crippen molar-refractivity contribution in [3.8, 4) is 0 Å². The van der Waals surface area contributed by atoms with Gasteiger partial charge in [-0.05, 0) is 32.5 Å². The van der Waals surface area contributed by atoms with E-state index in [1.54, 1.807) is 24.8 Å². The highest BCUT2D eigenvalue weighted by Crippen LogP contribution is 2.14. The summed E-state index contributed by atoms with van der Waals surface area (Å²) < 4.78 is 4.89. The van der Waals surface area contributed by atoms with Gasteiger partial charge in [0.2, 0.25) is 0 Å². The van der Waals surface area contributed by atoms with Gasteiger partial charge in [-0.1, -0.05) is 6.42 Å². The van der Waals surface area contributed by atoms with Crippen molar-refractivity contribution in [2.45, 2.75) is 25.3 Å². The number of carbonyl (C=O) groups is 1. The normalized spacial score (nSPS) is 21.8. The maximum Gasteiger partial charge on any atom is 0.257 e. The summed E-state index contributed by atoms with van der Waals surface area (Å²) in [7, 11) is 1.98. The maximum atomic E-state index is 11.8. The zero-order valence-electron chi connectivity index (χ0n) is 9.93. The molecule has 1 aromatic heterocycles. The van der Waals surface area contributed by atoms with Gasteiger partial charge in [-0.2, -0.15) is 5.10 Å². The summed E-state index contributed by atoms with van der Waals surface area (Å²) in [4.78, 5) is 13.9. The van der Waals surface area contributed by atoms with Crippen molar-refractivity contribution in [2.24, 2.45) is 5.10 Å². The van der Waals surface area contributed by atoms with Crippen LogP contribution in [0.25, 0.3) is 0 Å². The van der Waals surface area contributed by atoms with Crippen molar-refractivity contribution >= 4 is 12.1 Å². The first-order valence-corrected chi connectivity index (χ1v) is 5.83. The Hall–Kier alpha value is -1.62. The first-order valence-electron chi connectivity index (χ1n) is 5.83. The molecule has 0 aromatic carbocycles. The van der Waals surface area contributed by atoms with Gasteiger partial charge >= 0.3 is 0 Å². The zero-order chi connectivity index (χ0) is 12.1. The fourth-order valence-electron chi connectivity index (χ4n) is 2.00. The third kappa shape index (κ3) is 3.17. The van der Waals surface area contributed by atoms with E-state index in [1.807, 2.05) is 7.05 Å². The Bertz CT molecular complexity index is 386. The first-order chi connectivity index (χ1) is 8.27. The summed E-state index contributed by atoms with van der Waals surface area (Å²) in [6, 6.07) is 1.73. The van der Waals surface area contributed by atoms with Gasteiger partial charge in [-0.3, -0.25) is 9.69 Å². The SMILES string of the molecule is CN1CCCCC1C(=O)NN=Cc1ccoc1. The highest BCUT2D eigenvalue weighted by Gasteiger charge is 2.25. The fraction of sp³-hybridized carbons (Fsp3) is 0.500. The molecule has 1 aliphatic rings. The van der Waals surface area contributed by atoms with Crippen LogP contribution in [-0.2, 0) is 4.79 Å². The molecule has 2 heterocycles. The number of likely N-dealkylation sites (N-methyl/N-ethyl adjacent to an activating group) is 1. The van der Waals surface area contributed by atoms with Gasteiger partial charge < -0.3 is 4.42 Å². The summed E-state index contributed by atoms with van der Waals surface area (Å²) in [6.45, 7) is 0.976. The molecule has 1 atom stereocenters. The average Bonchev–Trinajstić information content (AvgIpc) is 2.82. The predicted molar refractivity (Wildman–Crippen MR) is 64.7 cm³/mol. The number of rotatable bonds is 3. The van der Waals surface area contributed by atoms with Gasteiger partial charge in [0.1, 0.15) is 0 Å². The molecule has 1 aliphatic heterocycles. The Morgan fingerprint density at radius 1 is 1.65 bits per heavy atom. The molecule has 92 valence electrons. The van der Waals surface area contributed by atoms with Crippen LogP contribution in [0.4, 0.5) is 0 Å². The molecule has 1 aromatic rings. The summed E-state index contributed by atoms with van der Waals surface area (Å²) in [5.74, 6) is -0.0352. The van der Waals surface area contributed by atoms with Crippen molar-refractivity contribution in [1.29, 1.82) is 0 Å². The molecule has 1 amide bonds. The second-order valence-corrected chi connectivity index (χ2v) is 4.28. The molecular weight excluding hydrogens is 218 g/mol. The number of hydrogen-bond acceptors (Lipinski definition) is 4. The van der Waals surface area contributed by atoms with E-state index >= 15 is 0 Å². The van der Waals surface area contributed by atoms with Gasteiger partial charge in [-0.15, -0.1) is 0 Å². The lowest BCUT2D eigenvalue weighted by Gasteiger charge is -2.30. The summed E-state index contributed by atoms with van der Waals surface area (Å²) in [6.07, 6.45) is 7.89. The highest BCUT2D eigenvalue weighted by molar-refractivity contribution is 5.84. The standard InChI is InChI=1S/C12H17N3O2/c1-15-6-3-2-4-11(15)12(16)14-13-8-10-5-7-17-9-10/h5,7-9,11H,2-4,6H2,1H3,(H,14,16). The topological polar surface area (TPSA) is 57.8 Å². The summed E-state index contributed by atoms with van der Waals surface area (Å²) in [5.41, 5.74) is 3.40. The minimum atomic E-state index is -0.0507. The first kappa shape index (κ1) is 11.9. The van der Waals surface area contributed by atoms with E-state index in [1.165, 1.54) is 6.42 Å². The zero-order valence-corrected chi connectivity index (χ0v) is 9.93. The molecule has 0 aliphatic carbocycles. The maximum absolute atomic E-state index is 11.8. The van der Waals surface area contributed by atoms with Gasteiger partial charge in [0, 0.05) is 5.56 Å². The Balaban J connectivity index is 1.84. The minimum absolute atomic E-state index is 0.0352. The van der Waals surface area contributed by atoms with Crippen LogP contribution in [0.1, 0.15) is 24.8 Å². The van der Waals surface area contributed by atoms with Crippen LogP contribution < -0.4 is 5.43 Å². The second kappa shape index (κ2) is 5.63. The number of hydrogen-bond donors (Lipinski definition) is 1. The van der Waals surface area contributed by atoms with Crippen LogP contribution in [0, 0.1) is 0 Å². The lowest BCUT2D eigenvalue weighted by Crippen LogP contribution is -2.46. The van der Waals surface area contributed by atoms with Crippen LogP contribution in [0.3, 0.4) is 0 Å². The molecule has 1 N–H and O–H groups in total. The van der Waals surface area contributed by atoms with Gasteiger partial charge in [0.05, 0.1) is 24.8 Å². The van der Waals surface area contributed by atoms with Crippen molar-refractivity contribution in [3.63, 3.8) is 0 Å². The molecule has 1 unspecified atom stereocenters. The number of nitrogens with zero attached hydrogens (tertiary/aromatic N) is 2. The number of likely N-dealkylation sites (tertiary alicyclic amines) is 1. The Labute approximate surface area is 100 Å². The molecule has 0 spiro atoms. The van der Waals surface area contributed by atoms with E-state index in [2.05, 4.69) is 15.4 Å². The molecule has 1 fully saturated rings. The molecule has 2 rings (SSSR count). The number of piperidine rings is 1. The number of furan rings is 1. The number of hydrazone groups is 1. The van der Waals surface area contributed by atoms with Gasteiger partial charge in [0.25, 0.3) is 5.91 Å². The van der Waals surface area contributed by atoms with Crippen LogP contribution in [0.5, 0.6) is 0 Å². The monoisotopic (exact) mass is 235 g/mol. The molecule has 5 heteroatoms. The van der Waals surface area contributed by atoms with Crippen molar-refractivity contribution < 1.29 is 9.21 Å². The molecule has 0 bridgehead atoms. The third-order valence-corrected chi connectivity index (χ3v) is 3.00. The van der Waals surface area contributed by atoms with E-state index in [0.29, 0.717) is 0 Å². The van der Waals surface area contributed by atoms with Crippen molar-refractivity contribution in [3.05, 3.63) is 24.2 Å². The summed E-state index contributed by atoms with van der Waals surface area (Å²) >= 11 is 0. The average molecular weight is 235 g/mol. The second-order valence-electron chi connectivity index (χ2n) is 4.28. The van der Waals surface area contributed by atoms with E-state index in [9.17, 15) is 4.79 Å². The van der Waals surface area contributed by atoms with Gasteiger partial charge in [0.15, 0.2) is 0 Å². The Morgan fingerprint density at radius 2 is 2.53 bits per heavy atom. The van der Waals surface area contributed by atoms with E-state index in [0.717, 1.165) is 24.9 Å².